The summed E-state index contributed by atoms with van der Waals surface area (Å²) >= 11 is 0. The molecule has 5 heterocycles. The Labute approximate surface area is 223 Å². The smallest absolute Gasteiger partial charge is 0.416 e. The third-order valence-corrected chi connectivity index (χ3v) is 7.13. The minimum atomic E-state index is -4.61. The Morgan fingerprint density at radius 2 is 1.95 bits per heavy atom. The van der Waals surface area contributed by atoms with E-state index in [2.05, 4.69) is 15.3 Å². The van der Waals surface area contributed by atoms with Crippen molar-refractivity contribution in [3.8, 4) is 11.3 Å². The number of piperidine rings is 1. The van der Waals surface area contributed by atoms with Gasteiger partial charge in [-0.1, -0.05) is 0 Å². The Hall–Kier alpha value is -4.75. The first-order chi connectivity index (χ1) is 19.1. The number of amides is 2. The molecule has 14 heteroatoms. The first-order valence-electron chi connectivity index (χ1n) is 12.3. The van der Waals surface area contributed by atoms with Crippen LogP contribution in [-0.2, 0) is 10.9 Å². The minimum Gasteiger partial charge on any atom is -0.447 e. The van der Waals surface area contributed by atoms with E-state index in [1.807, 2.05) is 0 Å². The molecule has 206 valence electrons. The lowest BCUT2D eigenvalue weighted by molar-refractivity contribution is -0.137. The second kappa shape index (κ2) is 9.47. The van der Waals surface area contributed by atoms with Gasteiger partial charge in [-0.15, -0.1) is 0 Å². The fraction of sp³-hybridized carbons (Fsp3) is 0.269. The van der Waals surface area contributed by atoms with Crippen LogP contribution in [0.2, 0.25) is 0 Å². The number of anilines is 2. The van der Waals surface area contributed by atoms with Crippen LogP contribution in [0.1, 0.15) is 40.5 Å². The van der Waals surface area contributed by atoms with Crippen molar-refractivity contribution >= 4 is 29.2 Å². The van der Waals surface area contributed by atoms with Gasteiger partial charge in [0.1, 0.15) is 41.1 Å². The number of hydrogen-bond donors (Lipinski definition) is 2. The van der Waals surface area contributed by atoms with Crippen molar-refractivity contribution in [2.45, 2.75) is 31.0 Å². The Bertz CT molecular complexity index is 1660. The van der Waals surface area contributed by atoms with E-state index in [1.54, 1.807) is 15.5 Å². The maximum atomic E-state index is 15.5. The highest BCUT2D eigenvalue weighted by molar-refractivity contribution is 6.04. The third-order valence-electron chi connectivity index (χ3n) is 7.13. The zero-order valence-corrected chi connectivity index (χ0v) is 20.7. The lowest BCUT2D eigenvalue weighted by Crippen LogP contribution is -2.41. The lowest BCUT2D eigenvalue weighted by Gasteiger charge is -2.31. The Balaban J connectivity index is 1.32. The molecular weight excluding hydrogens is 534 g/mol. The Morgan fingerprint density at radius 1 is 1.12 bits per heavy atom. The van der Waals surface area contributed by atoms with Crippen LogP contribution >= 0.6 is 0 Å². The van der Waals surface area contributed by atoms with E-state index in [-0.39, 0.29) is 46.5 Å². The fourth-order valence-corrected chi connectivity index (χ4v) is 5.16. The van der Waals surface area contributed by atoms with E-state index < -0.39 is 23.5 Å². The summed E-state index contributed by atoms with van der Waals surface area (Å²) in [5.41, 5.74) is 5.67. The first kappa shape index (κ1) is 25.5. The molecule has 0 saturated carbocycles. The van der Waals surface area contributed by atoms with Crippen LogP contribution in [-0.4, -0.2) is 55.4 Å². The summed E-state index contributed by atoms with van der Waals surface area (Å²) in [6, 6.07) is 5.11. The molecule has 0 spiro atoms. The van der Waals surface area contributed by atoms with Gasteiger partial charge in [-0.2, -0.15) is 13.2 Å². The van der Waals surface area contributed by atoms with Crippen molar-refractivity contribution in [2.24, 2.45) is 0 Å². The third kappa shape index (κ3) is 4.44. The van der Waals surface area contributed by atoms with Crippen LogP contribution in [0.15, 0.2) is 48.9 Å². The SMILES string of the molecule is Nc1nccn2c(C3CCC4COC(=O)N4C3)nc(-c3ccc(C(=O)Nc4cc(C(F)(F)F)ccn4)cc3F)c12. The summed E-state index contributed by atoms with van der Waals surface area (Å²) in [6.45, 7) is 0.737. The number of benzene rings is 1. The van der Waals surface area contributed by atoms with Gasteiger partial charge in [0, 0.05) is 42.2 Å². The van der Waals surface area contributed by atoms with E-state index >= 15 is 4.39 Å². The number of carbonyl (C=O) groups excluding carboxylic acids is 2. The molecular formula is C26H21F4N7O3. The second-order valence-electron chi connectivity index (χ2n) is 9.58. The number of nitrogens with one attached hydrogen (secondary N) is 1. The predicted octanol–water partition coefficient (Wildman–Crippen LogP) is 4.48. The van der Waals surface area contributed by atoms with Crippen molar-refractivity contribution in [2.75, 3.05) is 24.2 Å². The summed E-state index contributed by atoms with van der Waals surface area (Å²) in [7, 11) is 0. The standard InChI is InChI=1S/C26H21F4N7O3/c27-18-9-13(24(38)34-19-10-15(5-6-32-19)26(28,29)30)2-4-17(18)20-21-22(31)33-7-8-36(21)23(35-20)14-1-3-16-12-40-25(39)37(16)11-14/h2,4-10,14,16H,1,3,11-12H2,(H2,31,33)(H,32,34,38). The zero-order chi connectivity index (χ0) is 28.2. The maximum Gasteiger partial charge on any atom is 0.416 e. The van der Waals surface area contributed by atoms with Crippen LogP contribution in [0.5, 0.6) is 0 Å². The lowest BCUT2D eigenvalue weighted by atomic mass is 9.93. The van der Waals surface area contributed by atoms with Gasteiger partial charge >= 0.3 is 12.3 Å². The summed E-state index contributed by atoms with van der Waals surface area (Å²) < 4.78 is 61.3. The topological polar surface area (TPSA) is 128 Å². The number of carbonyl (C=O) groups is 2. The molecule has 1 aromatic carbocycles. The summed E-state index contributed by atoms with van der Waals surface area (Å²) in [4.78, 5) is 39.1. The minimum absolute atomic E-state index is 0.0171. The van der Waals surface area contributed by atoms with Crippen molar-refractivity contribution < 1.29 is 31.9 Å². The van der Waals surface area contributed by atoms with Crippen molar-refractivity contribution in [3.63, 3.8) is 0 Å². The molecule has 3 aromatic heterocycles. The molecule has 10 nitrogen and oxygen atoms in total. The molecule has 0 aliphatic carbocycles. The molecule has 6 rings (SSSR count). The molecule has 3 N–H and O–H groups in total. The monoisotopic (exact) mass is 555 g/mol. The van der Waals surface area contributed by atoms with Gasteiger partial charge in [-0.3, -0.25) is 9.20 Å². The highest BCUT2D eigenvalue weighted by Gasteiger charge is 2.40. The molecule has 0 bridgehead atoms. The number of alkyl halides is 3. The van der Waals surface area contributed by atoms with Crippen LogP contribution in [0, 0.1) is 5.82 Å². The number of hydrogen-bond acceptors (Lipinski definition) is 7. The number of nitrogens with zero attached hydrogens (tertiary/aromatic N) is 5. The molecule has 2 aliphatic heterocycles. The summed E-state index contributed by atoms with van der Waals surface area (Å²) in [6.07, 6.45) is 0.533. The van der Waals surface area contributed by atoms with Crippen LogP contribution in [0.4, 0.5) is 34.0 Å². The van der Waals surface area contributed by atoms with E-state index in [1.165, 1.54) is 18.3 Å². The van der Waals surface area contributed by atoms with Crippen LogP contribution in [0.25, 0.3) is 16.8 Å². The molecule has 2 amide bonds. The largest absolute Gasteiger partial charge is 0.447 e. The molecule has 0 radical (unpaired) electrons. The van der Waals surface area contributed by atoms with E-state index in [0.29, 0.717) is 30.6 Å². The molecule has 40 heavy (non-hydrogen) atoms. The predicted molar refractivity (Wildman–Crippen MR) is 134 cm³/mol. The molecule has 2 saturated heterocycles. The molecule has 2 unspecified atom stereocenters. The fourth-order valence-electron chi connectivity index (χ4n) is 5.16. The summed E-state index contributed by atoms with van der Waals surface area (Å²) in [5.74, 6) is -1.45. The van der Waals surface area contributed by atoms with Crippen LogP contribution < -0.4 is 11.1 Å². The quantitative estimate of drug-likeness (QED) is 0.356. The maximum absolute atomic E-state index is 15.5. The van der Waals surface area contributed by atoms with Gasteiger partial charge in [0.05, 0.1) is 11.6 Å². The number of cyclic esters (lactones) is 1. The second-order valence-corrected chi connectivity index (χ2v) is 9.58. The number of aromatic nitrogens is 4. The number of ether oxygens (including phenoxy) is 1. The van der Waals surface area contributed by atoms with Crippen molar-refractivity contribution in [1.29, 1.82) is 0 Å². The highest BCUT2D eigenvalue weighted by Crippen LogP contribution is 2.37. The number of fused-ring (bicyclic) bond motifs is 2. The van der Waals surface area contributed by atoms with Gasteiger partial charge < -0.3 is 20.7 Å². The van der Waals surface area contributed by atoms with Gasteiger partial charge in [0.25, 0.3) is 5.91 Å². The number of nitrogens with two attached hydrogens (primary N) is 1. The number of rotatable bonds is 4. The zero-order valence-electron chi connectivity index (χ0n) is 20.7. The van der Waals surface area contributed by atoms with E-state index in [9.17, 15) is 22.8 Å². The van der Waals surface area contributed by atoms with Crippen LogP contribution in [0.3, 0.4) is 0 Å². The molecule has 2 fully saturated rings. The summed E-state index contributed by atoms with van der Waals surface area (Å²) in [5, 5.41) is 2.26. The number of pyridine rings is 1. The highest BCUT2D eigenvalue weighted by atomic mass is 19.4. The van der Waals surface area contributed by atoms with Crippen molar-refractivity contribution in [1.82, 2.24) is 24.3 Å². The number of halogens is 4. The molecule has 4 aromatic rings. The average molecular weight is 555 g/mol. The van der Waals surface area contributed by atoms with Gasteiger partial charge in [-0.05, 0) is 43.2 Å². The Kier molecular flexibility index (Phi) is 6.04. The van der Waals surface area contributed by atoms with Crippen molar-refractivity contribution in [3.05, 3.63) is 71.7 Å². The molecule has 2 aliphatic rings. The Morgan fingerprint density at radius 3 is 2.73 bits per heavy atom. The number of nitrogen functional groups attached to an aromatic ring is 1. The molecule has 2 atom stereocenters. The normalized spacial score (nSPS) is 19.0. The first-order valence-corrected chi connectivity index (χ1v) is 12.3. The van der Waals surface area contributed by atoms with Gasteiger partial charge in [0.2, 0.25) is 0 Å². The van der Waals surface area contributed by atoms with E-state index in [0.717, 1.165) is 31.2 Å². The van der Waals surface area contributed by atoms with Gasteiger partial charge in [-0.25, -0.2) is 24.1 Å². The average Bonchev–Trinajstić information content (AvgIpc) is 3.49. The van der Waals surface area contributed by atoms with E-state index in [4.69, 9.17) is 15.5 Å². The van der Waals surface area contributed by atoms with Gasteiger partial charge in [0.15, 0.2) is 0 Å². The number of imidazole rings is 1.